The van der Waals surface area contributed by atoms with Gasteiger partial charge in [0.1, 0.15) is 0 Å². The number of nitrogens with zero attached hydrogens (tertiary/aromatic N) is 4. The van der Waals surface area contributed by atoms with Crippen LogP contribution in [0.25, 0.3) is 0 Å². The third kappa shape index (κ3) is 4.13. The van der Waals surface area contributed by atoms with Gasteiger partial charge in [-0.3, -0.25) is 9.59 Å². The topological polar surface area (TPSA) is 78.4 Å². The lowest BCUT2D eigenvalue weighted by atomic mass is 9.97. The summed E-state index contributed by atoms with van der Waals surface area (Å²) in [5, 5.41) is 3.05. The predicted octanol–water partition coefficient (Wildman–Crippen LogP) is 2.14. The van der Waals surface area contributed by atoms with E-state index in [1.165, 1.54) is 0 Å². The first-order valence-corrected chi connectivity index (χ1v) is 9.90. The Morgan fingerprint density at radius 3 is 2.61 bits per heavy atom. The highest BCUT2D eigenvalue weighted by Crippen LogP contribution is 2.22. The van der Waals surface area contributed by atoms with Gasteiger partial charge in [0.15, 0.2) is 0 Å². The van der Waals surface area contributed by atoms with Gasteiger partial charge in [-0.2, -0.15) is 0 Å². The zero-order chi connectivity index (χ0) is 19.3. The molecule has 3 heterocycles. The molecule has 28 heavy (non-hydrogen) atoms. The van der Waals surface area contributed by atoms with E-state index >= 15 is 0 Å². The first kappa shape index (κ1) is 18.4. The van der Waals surface area contributed by atoms with Gasteiger partial charge in [-0.25, -0.2) is 9.97 Å². The van der Waals surface area contributed by atoms with Gasteiger partial charge in [0, 0.05) is 50.7 Å². The standard InChI is InChI=1S/C21H25N5O2/c27-19-5-2-13-26(19)18-8-6-16(7-9-18)14-24-20(28)17-4-1-12-25(15-17)21-22-10-3-11-23-21/h3,6-11,17H,1-2,4-5,12-15H2,(H,24,28). The molecule has 0 aliphatic carbocycles. The van der Waals surface area contributed by atoms with Crippen LogP contribution in [-0.2, 0) is 16.1 Å². The van der Waals surface area contributed by atoms with E-state index in [1.807, 2.05) is 29.2 Å². The Kier molecular flexibility index (Phi) is 5.50. The number of benzene rings is 1. The summed E-state index contributed by atoms with van der Waals surface area (Å²) in [5.74, 6) is 0.885. The number of carbonyl (C=O) groups is 2. The number of nitrogens with one attached hydrogen (secondary N) is 1. The zero-order valence-electron chi connectivity index (χ0n) is 15.9. The third-order valence-corrected chi connectivity index (χ3v) is 5.42. The highest BCUT2D eigenvalue weighted by atomic mass is 16.2. The highest BCUT2D eigenvalue weighted by Gasteiger charge is 2.27. The maximum absolute atomic E-state index is 12.6. The first-order chi connectivity index (χ1) is 13.7. The summed E-state index contributed by atoms with van der Waals surface area (Å²) in [6.07, 6.45) is 6.84. The van der Waals surface area contributed by atoms with Crippen molar-refractivity contribution >= 4 is 23.5 Å². The van der Waals surface area contributed by atoms with Gasteiger partial charge < -0.3 is 15.1 Å². The lowest BCUT2D eigenvalue weighted by Gasteiger charge is -2.31. The molecular formula is C21H25N5O2. The van der Waals surface area contributed by atoms with Crippen LogP contribution in [0, 0.1) is 5.92 Å². The number of carbonyl (C=O) groups excluding carboxylic acids is 2. The zero-order valence-corrected chi connectivity index (χ0v) is 15.9. The molecule has 2 amide bonds. The number of anilines is 2. The van der Waals surface area contributed by atoms with Crippen LogP contribution in [0.2, 0.25) is 0 Å². The maximum atomic E-state index is 12.6. The number of hydrogen-bond donors (Lipinski definition) is 1. The molecule has 2 aliphatic rings. The van der Waals surface area contributed by atoms with Crippen LogP contribution in [0.1, 0.15) is 31.2 Å². The lowest BCUT2D eigenvalue weighted by molar-refractivity contribution is -0.125. The van der Waals surface area contributed by atoms with Crippen molar-refractivity contribution in [2.45, 2.75) is 32.2 Å². The molecule has 1 aromatic carbocycles. The summed E-state index contributed by atoms with van der Waals surface area (Å²) in [4.78, 5) is 37.0. The van der Waals surface area contributed by atoms with E-state index in [0.29, 0.717) is 25.5 Å². The Balaban J connectivity index is 1.31. The highest BCUT2D eigenvalue weighted by molar-refractivity contribution is 5.95. The molecule has 2 saturated heterocycles. The minimum atomic E-state index is -0.0564. The molecule has 2 aromatic rings. The molecule has 2 fully saturated rings. The molecule has 0 radical (unpaired) electrons. The summed E-state index contributed by atoms with van der Waals surface area (Å²) in [6, 6.07) is 9.67. The van der Waals surface area contributed by atoms with E-state index in [2.05, 4.69) is 20.2 Å². The average Bonchev–Trinajstić information content (AvgIpc) is 3.19. The molecule has 0 spiro atoms. The van der Waals surface area contributed by atoms with Crippen molar-refractivity contribution in [3.63, 3.8) is 0 Å². The van der Waals surface area contributed by atoms with Gasteiger partial charge in [-0.1, -0.05) is 12.1 Å². The van der Waals surface area contributed by atoms with Crippen LogP contribution in [0.15, 0.2) is 42.7 Å². The Bertz CT molecular complexity index is 824. The minimum Gasteiger partial charge on any atom is -0.352 e. The van der Waals surface area contributed by atoms with Crippen molar-refractivity contribution in [3.05, 3.63) is 48.3 Å². The molecule has 2 aliphatic heterocycles. The normalized spacial score (nSPS) is 19.7. The second kappa shape index (κ2) is 8.37. The SMILES string of the molecule is O=C(NCc1ccc(N2CCCC2=O)cc1)C1CCCN(c2ncccn2)C1. The van der Waals surface area contributed by atoms with Gasteiger partial charge in [0.2, 0.25) is 17.8 Å². The van der Waals surface area contributed by atoms with Crippen molar-refractivity contribution in [2.24, 2.45) is 5.92 Å². The number of rotatable bonds is 5. The Hall–Kier alpha value is -2.96. The molecular weight excluding hydrogens is 354 g/mol. The summed E-state index contributed by atoms with van der Waals surface area (Å²) >= 11 is 0. The number of hydrogen-bond acceptors (Lipinski definition) is 5. The second-order valence-electron chi connectivity index (χ2n) is 7.37. The molecule has 1 unspecified atom stereocenters. The van der Waals surface area contributed by atoms with Crippen LogP contribution in [0.5, 0.6) is 0 Å². The minimum absolute atomic E-state index is 0.0564. The molecule has 4 rings (SSSR count). The predicted molar refractivity (Wildman–Crippen MR) is 107 cm³/mol. The van der Waals surface area contributed by atoms with Crippen molar-refractivity contribution < 1.29 is 9.59 Å². The van der Waals surface area contributed by atoms with E-state index in [1.54, 1.807) is 18.5 Å². The lowest BCUT2D eigenvalue weighted by Crippen LogP contribution is -2.43. The summed E-state index contributed by atoms with van der Waals surface area (Å²) in [7, 11) is 0. The van der Waals surface area contributed by atoms with Gasteiger partial charge in [0.25, 0.3) is 0 Å². The fourth-order valence-electron chi connectivity index (χ4n) is 3.88. The first-order valence-electron chi connectivity index (χ1n) is 9.90. The summed E-state index contributed by atoms with van der Waals surface area (Å²) < 4.78 is 0. The van der Waals surface area contributed by atoms with Gasteiger partial charge in [-0.15, -0.1) is 0 Å². The van der Waals surface area contributed by atoms with Crippen LogP contribution in [0.3, 0.4) is 0 Å². The van der Waals surface area contributed by atoms with E-state index in [4.69, 9.17) is 0 Å². The van der Waals surface area contributed by atoms with Crippen molar-refractivity contribution in [3.8, 4) is 0 Å². The van der Waals surface area contributed by atoms with Gasteiger partial charge in [0.05, 0.1) is 5.92 Å². The van der Waals surface area contributed by atoms with Gasteiger partial charge in [-0.05, 0) is 43.0 Å². The van der Waals surface area contributed by atoms with Crippen LogP contribution in [-0.4, -0.2) is 41.4 Å². The van der Waals surface area contributed by atoms with Crippen LogP contribution in [0.4, 0.5) is 11.6 Å². The number of amides is 2. The molecule has 7 heteroatoms. The van der Waals surface area contributed by atoms with Crippen LogP contribution < -0.4 is 15.1 Å². The molecule has 1 N–H and O–H groups in total. The summed E-state index contributed by atoms with van der Waals surface area (Å²) in [6.45, 7) is 2.81. The van der Waals surface area contributed by atoms with Gasteiger partial charge >= 0.3 is 0 Å². The third-order valence-electron chi connectivity index (χ3n) is 5.42. The van der Waals surface area contributed by atoms with E-state index in [0.717, 1.165) is 43.6 Å². The monoisotopic (exact) mass is 379 g/mol. The Labute approximate surface area is 164 Å². The molecule has 1 aromatic heterocycles. The Morgan fingerprint density at radius 2 is 1.89 bits per heavy atom. The quantitative estimate of drug-likeness (QED) is 0.861. The second-order valence-corrected chi connectivity index (χ2v) is 7.37. The molecule has 7 nitrogen and oxygen atoms in total. The number of aromatic nitrogens is 2. The molecule has 146 valence electrons. The average molecular weight is 379 g/mol. The van der Waals surface area contributed by atoms with Crippen molar-refractivity contribution in [2.75, 3.05) is 29.4 Å². The summed E-state index contributed by atoms with van der Waals surface area (Å²) in [5.41, 5.74) is 1.96. The van der Waals surface area contributed by atoms with Crippen LogP contribution >= 0.6 is 0 Å². The molecule has 1 atom stereocenters. The van der Waals surface area contributed by atoms with E-state index < -0.39 is 0 Å². The smallest absolute Gasteiger partial charge is 0.227 e. The molecule has 0 bridgehead atoms. The van der Waals surface area contributed by atoms with E-state index in [-0.39, 0.29) is 17.7 Å². The largest absolute Gasteiger partial charge is 0.352 e. The fourth-order valence-corrected chi connectivity index (χ4v) is 3.88. The molecule has 0 saturated carbocycles. The number of piperidine rings is 1. The maximum Gasteiger partial charge on any atom is 0.227 e. The van der Waals surface area contributed by atoms with E-state index in [9.17, 15) is 9.59 Å². The van der Waals surface area contributed by atoms with Crippen molar-refractivity contribution in [1.82, 2.24) is 15.3 Å². The fraction of sp³-hybridized carbons (Fsp3) is 0.429. The Morgan fingerprint density at radius 1 is 1.11 bits per heavy atom. The van der Waals surface area contributed by atoms with Crippen molar-refractivity contribution in [1.29, 1.82) is 0 Å².